The predicted molar refractivity (Wildman–Crippen MR) is 80.2 cm³/mol. The van der Waals surface area contributed by atoms with Gasteiger partial charge in [0, 0.05) is 36.9 Å². The van der Waals surface area contributed by atoms with Crippen LogP contribution < -0.4 is 5.32 Å². The number of anilines is 1. The molecule has 0 saturated carbocycles. The second-order valence-electron chi connectivity index (χ2n) is 4.55. The van der Waals surface area contributed by atoms with Crippen molar-refractivity contribution in [3.05, 3.63) is 40.6 Å². The van der Waals surface area contributed by atoms with Crippen LogP contribution in [-0.4, -0.2) is 40.9 Å². The van der Waals surface area contributed by atoms with Crippen LogP contribution in [0.2, 0.25) is 0 Å². The number of fused-ring (bicyclic) bond motifs is 1. The molecule has 0 spiro atoms. The zero-order valence-corrected chi connectivity index (χ0v) is 11.9. The van der Waals surface area contributed by atoms with Crippen molar-refractivity contribution in [2.45, 2.75) is 6.92 Å². The summed E-state index contributed by atoms with van der Waals surface area (Å²) < 4.78 is 0. The minimum Gasteiger partial charge on any atom is -0.376 e. The van der Waals surface area contributed by atoms with Crippen molar-refractivity contribution in [1.82, 2.24) is 9.88 Å². The largest absolute Gasteiger partial charge is 0.376 e. The topological polar surface area (TPSA) is 88.4 Å². The molecule has 0 aliphatic rings. The quantitative estimate of drug-likeness (QED) is 0.671. The number of benzene rings is 1. The van der Waals surface area contributed by atoms with Gasteiger partial charge in [0.1, 0.15) is 5.52 Å². The highest BCUT2D eigenvalue weighted by Crippen LogP contribution is 2.28. The van der Waals surface area contributed by atoms with Gasteiger partial charge in [0.15, 0.2) is 0 Å². The Bertz CT molecular complexity index is 687. The fourth-order valence-electron chi connectivity index (χ4n) is 1.94. The van der Waals surface area contributed by atoms with Gasteiger partial charge < -0.3 is 10.2 Å². The Morgan fingerprint density at radius 3 is 2.86 bits per heavy atom. The standard InChI is InChI=1S/C14H16N4O3/c1-3-17(2)13(19)9-16-11-7-8-15-14-10(11)5-4-6-12(14)18(20)21/h4-8H,3,9H2,1-2H3,(H,15,16). The summed E-state index contributed by atoms with van der Waals surface area (Å²) in [6.45, 7) is 2.65. The van der Waals surface area contributed by atoms with Crippen molar-refractivity contribution in [3.8, 4) is 0 Å². The van der Waals surface area contributed by atoms with E-state index in [1.165, 1.54) is 12.3 Å². The third-order valence-electron chi connectivity index (χ3n) is 3.28. The molecule has 1 amide bonds. The number of carbonyl (C=O) groups excluding carboxylic acids is 1. The van der Waals surface area contributed by atoms with Gasteiger partial charge in [-0.3, -0.25) is 14.9 Å². The van der Waals surface area contributed by atoms with E-state index in [0.29, 0.717) is 23.1 Å². The van der Waals surface area contributed by atoms with E-state index in [0.717, 1.165) is 0 Å². The van der Waals surface area contributed by atoms with Crippen LogP contribution in [0.3, 0.4) is 0 Å². The summed E-state index contributed by atoms with van der Waals surface area (Å²) in [5.74, 6) is -0.0482. The maximum atomic E-state index is 11.8. The number of hydrogen-bond acceptors (Lipinski definition) is 5. The number of para-hydroxylation sites is 1. The highest BCUT2D eigenvalue weighted by Gasteiger charge is 2.15. The number of hydrogen-bond donors (Lipinski definition) is 1. The monoisotopic (exact) mass is 288 g/mol. The summed E-state index contributed by atoms with van der Waals surface area (Å²) in [5.41, 5.74) is 0.915. The first kappa shape index (κ1) is 14.7. The number of carbonyl (C=O) groups is 1. The second kappa shape index (κ2) is 6.17. The Kier molecular flexibility index (Phi) is 4.32. The van der Waals surface area contributed by atoms with Gasteiger partial charge in [-0.1, -0.05) is 12.1 Å². The Hall–Kier alpha value is -2.70. The molecule has 0 bridgehead atoms. The summed E-state index contributed by atoms with van der Waals surface area (Å²) in [4.78, 5) is 28.0. The smallest absolute Gasteiger partial charge is 0.295 e. The van der Waals surface area contributed by atoms with E-state index in [1.54, 1.807) is 30.1 Å². The van der Waals surface area contributed by atoms with E-state index in [9.17, 15) is 14.9 Å². The number of amides is 1. The SMILES string of the molecule is CCN(C)C(=O)CNc1ccnc2c([N+](=O)[O-])cccc12. The van der Waals surface area contributed by atoms with E-state index >= 15 is 0 Å². The molecule has 21 heavy (non-hydrogen) atoms. The normalized spacial score (nSPS) is 10.4. The number of rotatable bonds is 5. The Balaban J connectivity index is 2.31. The number of pyridine rings is 1. The first-order valence-corrected chi connectivity index (χ1v) is 6.54. The lowest BCUT2D eigenvalue weighted by Gasteiger charge is -2.15. The van der Waals surface area contributed by atoms with Gasteiger partial charge in [0.2, 0.25) is 5.91 Å². The molecule has 1 heterocycles. The van der Waals surface area contributed by atoms with Crippen LogP contribution in [0.1, 0.15) is 6.92 Å². The molecule has 0 aliphatic carbocycles. The van der Waals surface area contributed by atoms with E-state index in [4.69, 9.17) is 0 Å². The molecule has 0 radical (unpaired) electrons. The highest BCUT2D eigenvalue weighted by molar-refractivity contribution is 5.97. The van der Waals surface area contributed by atoms with Gasteiger partial charge in [0.25, 0.3) is 5.69 Å². The van der Waals surface area contributed by atoms with Crippen molar-refractivity contribution in [3.63, 3.8) is 0 Å². The minimum atomic E-state index is -0.463. The molecule has 2 aromatic rings. The number of nitro groups is 1. The maximum absolute atomic E-state index is 11.8. The maximum Gasteiger partial charge on any atom is 0.295 e. The number of nitrogens with zero attached hydrogens (tertiary/aromatic N) is 3. The average molecular weight is 288 g/mol. The molecule has 7 nitrogen and oxygen atoms in total. The first-order valence-electron chi connectivity index (χ1n) is 6.54. The molecule has 0 saturated heterocycles. The van der Waals surface area contributed by atoms with Crippen molar-refractivity contribution < 1.29 is 9.72 Å². The van der Waals surface area contributed by atoms with Gasteiger partial charge >= 0.3 is 0 Å². The van der Waals surface area contributed by atoms with E-state index in [1.807, 2.05) is 6.92 Å². The summed E-state index contributed by atoms with van der Waals surface area (Å²) in [6, 6.07) is 6.46. The third-order valence-corrected chi connectivity index (χ3v) is 3.28. The molecule has 7 heteroatoms. The number of aromatic nitrogens is 1. The Morgan fingerprint density at radius 1 is 1.43 bits per heavy atom. The number of nitrogens with one attached hydrogen (secondary N) is 1. The molecule has 0 atom stereocenters. The molecule has 0 unspecified atom stereocenters. The van der Waals surface area contributed by atoms with Gasteiger partial charge in [0.05, 0.1) is 11.5 Å². The van der Waals surface area contributed by atoms with Gasteiger partial charge in [-0.05, 0) is 13.0 Å². The van der Waals surface area contributed by atoms with Crippen molar-refractivity contribution in [2.75, 3.05) is 25.5 Å². The number of non-ortho nitro benzene ring substituents is 1. The molecule has 0 aliphatic heterocycles. The Labute approximate surface area is 121 Å². The van der Waals surface area contributed by atoms with Gasteiger partial charge in [-0.15, -0.1) is 0 Å². The third kappa shape index (κ3) is 3.07. The zero-order valence-electron chi connectivity index (χ0n) is 11.9. The van der Waals surface area contributed by atoms with Crippen LogP contribution in [0, 0.1) is 10.1 Å². The van der Waals surface area contributed by atoms with Crippen LogP contribution in [0.5, 0.6) is 0 Å². The first-order chi connectivity index (χ1) is 10.0. The van der Waals surface area contributed by atoms with Crippen molar-refractivity contribution >= 4 is 28.2 Å². The van der Waals surface area contributed by atoms with Crippen LogP contribution in [-0.2, 0) is 4.79 Å². The molecular formula is C14H16N4O3. The van der Waals surface area contributed by atoms with E-state index in [2.05, 4.69) is 10.3 Å². The molecule has 1 N–H and O–H groups in total. The highest BCUT2D eigenvalue weighted by atomic mass is 16.6. The molecule has 0 fully saturated rings. The van der Waals surface area contributed by atoms with Gasteiger partial charge in [-0.2, -0.15) is 0 Å². The summed E-state index contributed by atoms with van der Waals surface area (Å²) in [7, 11) is 1.72. The number of likely N-dealkylation sites (N-methyl/N-ethyl adjacent to an activating group) is 1. The lowest BCUT2D eigenvalue weighted by Crippen LogP contribution is -2.31. The van der Waals surface area contributed by atoms with Crippen LogP contribution >= 0.6 is 0 Å². The fourth-order valence-corrected chi connectivity index (χ4v) is 1.94. The fraction of sp³-hybridized carbons (Fsp3) is 0.286. The summed E-state index contributed by atoms with van der Waals surface area (Å²) in [6.07, 6.45) is 1.49. The molecule has 110 valence electrons. The lowest BCUT2D eigenvalue weighted by molar-refractivity contribution is -0.383. The lowest BCUT2D eigenvalue weighted by atomic mass is 10.1. The number of nitro benzene ring substituents is 1. The minimum absolute atomic E-state index is 0.0480. The van der Waals surface area contributed by atoms with E-state index < -0.39 is 4.92 Å². The molecule has 2 rings (SSSR count). The summed E-state index contributed by atoms with van der Waals surface area (Å²) >= 11 is 0. The van der Waals surface area contributed by atoms with Crippen LogP contribution in [0.15, 0.2) is 30.5 Å². The van der Waals surface area contributed by atoms with Crippen LogP contribution in [0.4, 0.5) is 11.4 Å². The summed E-state index contributed by atoms with van der Waals surface area (Å²) in [5, 5.41) is 14.6. The molecular weight excluding hydrogens is 272 g/mol. The predicted octanol–water partition coefficient (Wildman–Crippen LogP) is 2.03. The average Bonchev–Trinajstić information content (AvgIpc) is 2.50. The van der Waals surface area contributed by atoms with Crippen molar-refractivity contribution in [2.24, 2.45) is 0 Å². The van der Waals surface area contributed by atoms with Crippen LogP contribution in [0.25, 0.3) is 10.9 Å². The van der Waals surface area contributed by atoms with E-state index in [-0.39, 0.29) is 18.1 Å². The van der Waals surface area contributed by atoms with Gasteiger partial charge in [-0.25, -0.2) is 4.98 Å². The Morgan fingerprint density at radius 2 is 2.19 bits per heavy atom. The van der Waals surface area contributed by atoms with Crippen molar-refractivity contribution in [1.29, 1.82) is 0 Å². The molecule has 1 aromatic heterocycles. The molecule has 1 aromatic carbocycles. The second-order valence-corrected chi connectivity index (χ2v) is 4.55. The zero-order chi connectivity index (χ0) is 15.4.